The first-order valence-electron chi connectivity index (χ1n) is 9.39. The number of aryl methyl sites for hydroxylation is 1. The summed E-state index contributed by atoms with van der Waals surface area (Å²) in [4.78, 5) is 7.02. The third-order valence-electron chi connectivity index (χ3n) is 5.53. The van der Waals surface area contributed by atoms with Crippen molar-refractivity contribution in [2.45, 2.75) is 70.2 Å². The summed E-state index contributed by atoms with van der Waals surface area (Å²) in [5, 5.41) is 13.0. The van der Waals surface area contributed by atoms with E-state index in [1.54, 1.807) is 0 Å². The zero-order chi connectivity index (χ0) is 16.8. The lowest BCUT2D eigenvalue weighted by molar-refractivity contribution is -0.0774. The largest absolute Gasteiger partial charge is 0.375 e. The minimum Gasteiger partial charge on any atom is -0.375 e. The fraction of sp³-hybridized carbons (Fsp3) is 0.765. The van der Waals surface area contributed by atoms with E-state index in [-0.39, 0.29) is 12.1 Å². The lowest BCUT2D eigenvalue weighted by atomic mass is 10.1. The lowest BCUT2D eigenvalue weighted by Crippen LogP contribution is -2.44. The first kappa shape index (κ1) is 15.5. The molecule has 0 amide bonds. The molecule has 0 radical (unpaired) electrons. The van der Waals surface area contributed by atoms with E-state index in [1.165, 1.54) is 25.7 Å². The van der Waals surface area contributed by atoms with Gasteiger partial charge in [0.05, 0.1) is 19.3 Å². The van der Waals surface area contributed by atoms with Crippen molar-refractivity contribution in [1.82, 2.24) is 29.8 Å². The second-order valence-electron chi connectivity index (χ2n) is 7.40. The van der Waals surface area contributed by atoms with Crippen LogP contribution >= 0.6 is 0 Å². The van der Waals surface area contributed by atoms with Crippen LogP contribution in [-0.2, 0) is 24.2 Å². The van der Waals surface area contributed by atoms with Crippen molar-refractivity contribution in [1.29, 1.82) is 0 Å². The fourth-order valence-electron chi connectivity index (χ4n) is 3.96. The van der Waals surface area contributed by atoms with Crippen molar-refractivity contribution in [2.24, 2.45) is 0 Å². The Balaban J connectivity index is 1.40. The fourth-order valence-corrected chi connectivity index (χ4v) is 3.96. The summed E-state index contributed by atoms with van der Waals surface area (Å²) >= 11 is 0. The molecule has 2 aliphatic heterocycles. The van der Waals surface area contributed by atoms with Crippen molar-refractivity contribution in [3.05, 3.63) is 23.4 Å². The van der Waals surface area contributed by atoms with Crippen LogP contribution in [-0.4, -0.2) is 49.1 Å². The highest BCUT2D eigenvalue weighted by Crippen LogP contribution is 2.39. The van der Waals surface area contributed by atoms with Gasteiger partial charge in [-0.15, -0.1) is 10.2 Å². The van der Waals surface area contributed by atoms with Crippen LogP contribution in [0.25, 0.3) is 0 Å². The second-order valence-corrected chi connectivity index (χ2v) is 7.40. The molecule has 25 heavy (non-hydrogen) atoms. The highest BCUT2D eigenvalue weighted by Gasteiger charge is 2.38. The normalized spacial score (nSPS) is 27.4. The van der Waals surface area contributed by atoms with Crippen molar-refractivity contribution in [2.75, 3.05) is 13.2 Å². The van der Waals surface area contributed by atoms with Crippen LogP contribution in [0.3, 0.4) is 0 Å². The van der Waals surface area contributed by atoms with Crippen molar-refractivity contribution < 1.29 is 9.26 Å². The summed E-state index contributed by atoms with van der Waals surface area (Å²) in [6.45, 7) is 5.39. The van der Waals surface area contributed by atoms with Crippen LogP contribution in [0.1, 0.15) is 67.9 Å². The molecule has 3 aliphatic rings. The van der Waals surface area contributed by atoms with Gasteiger partial charge >= 0.3 is 0 Å². The monoisotopic (exact) mass is 344 g/mol. The predicted molar refractivity (Wildman–Crippen MR) is 87.8 cm³/mol. The Labute approximate surface area is 146 Å². The van der Waals surface area contributed by atoms with Gasteiger partial charge in [0, 0.05) is 25.4 Å². The topological polar surface area (TPSA) is 82.1 Å². The molecule has 8 nitrogen and oxygen atoms in total. The molecule has 134 valence electrons. The van der Waals surface area contributed by atoms with Crippen LogP contribution in [0.4, 0.5) is 0 Å². The number of nitrogens with zero attached hydrogens (tertiary/aromatic N) is 6. The Kier molecular flexibility index (Phi) is 3.82. The highest BCUT2D eigenvalue weighted by atomic mass is 16.5. The van der Waals surface area contributed by atoms with Gasteiger partial charge in [0.2, 0.25) is 5.89 Å². The van der Waals surface area contributed by atoms with E-state index in [1.807, 2.05) is 0 Å². The maximum Gasteiger partial charge on any atom is 0.246 e. The highest BCUT2D eigenvalue weighted by molar-refractivity contribution is 5.07. The van der Waals surface area contributed by atoms with Gasteiger partial charge in [0.15, 0.2) is 5.82 Å². The number of ether oxygens (including phenoxy) is 1. The Bertz CT molecular complexity index is 752. The molecule has 0 spiro atoms. The molecule has 4 heterocycles. The van der Waals surface area contributed by atoms with E-state index in [9.17, 15) is 0 Å². The maximum absolute atomic E-state index is 5.88. The number of aromatic nitrogens is 5. The third kappa shape index (κ3) is 2.87. The Morgan fingerprint density at radius 1 is 1.16 bits per heavy atom. The molecule has 1 saturated carbocycles. The molecule has 2 fully saturated rings. The molecule has 0 unspecified atom stereocenters. The van der Waals surface area contributed by atoms with Gasteiger partial charge in [-0.2, -0.15) is 4.98 Å². The average Bonchev–Trinajstić information content (AvgIpc) is 3.23. The molecule has 0 aromatic carbocycles. The minimum atomic E-state index is -0.0229. The third-order valence-corrected chi connectivity index (χ3v) is 5.53. The summed E-state index contributed by atoms with van der Waals surface area (Å²) in [6, 6.07) is -0.0229. The van der Waals surface area contributed by atoms with E-state index in [2.05, 4.69) is 36.7 Å². The Hall–Kier alpha value is -1.80. The summed E-state index contributed by atoms with van der Waals surface area (Å²) in [7, 11) is 0. The van der Waals surface area contributed by atoms with Crippen LogP contribution < -0.4 is 0 Å². The first-order valence-corrected chi connectivity index (χ1v) is 9.39. The molecule has 2 aromatic heterocycles. The van der Waals surface area contributed by atoms with Crippen LogP contribution in [0, 0.1) is 0 Å². The zero-order valence-corrected chi connectivity index (χ0v) is 14.6. The Morgan fingerprint density at radius 3 is 2.96 bits per heavy atom. The van der Waals surface area contributed by atoms with Gasteiger partial charge in [-0.05, 0) is 32.6 Å². The molecular weight excluding hydrogens is 320 g/mol. The zero-order valence-electron chi connectivity index (χ0n) is 14.6. The molecule has 0 bridgehead atoms. The smallest absolute Gasteiger partial charge is 0.246 e. The van der Waals surface area contributed by atoms with Crippen LogP contribution in [0.5, 0.6) is 0 Å². The molecule has 2 aromatic rings. The van der Waals surface area contributed by atoms with Crippen molar-refractivity contribution in [3.63, 3.8) is 0 Å². The molecule has 1 saturated heterocycles. The standard InChI is InChI=1S/C17H24N6O2/c1-11-15(17-18-16(21-25-17)12-5-6-12)22(8-9-24-11)10-14-20-19-13-4-2-3-7-23(13)14/h11-12,15H,2-10H2,1H3/t11-,15+/m1/s1. The molecule has 0 N–H and O–H groups in total. The van der Waals surface area contributed by atoms with Gasteiger partial charge in [0.25, 0.3) is 0 Å². The van der Waals surface area contributed by atoms with Gasteiger partial charge in [-0.1, -0.05) is 5.16 Å². The quantitative estimate of drug-likeness (QED) is 0.837. The summed E-state index contributed by atoms with van der Waals surface area (Å²) in [5.74, 6) is 4.18. The number of hydrogen-bond donors (Lipinski definition) is 0. The number of morpholine rings is 1. The molecule has 2 atom stereocenters. The summed E-state index contributed by atoms with van der Waals surface area (Å²) in [5.41, 5.74) is 0. The molecular formula is C17H24N6O2. The number of hydrogen-bond acceptors (Lipinski definition) is 7. The second kappa shape index (κ2) is 6.17. The van der Waals surface area contributed by atoms with Gasteiger partial charge in [-0.25, -0.2) is 0 Å². The molecule has 8 heteroatoms. The van der Waals surface area contributed by atoms with Gasteiger partial charge in [0.1, 0.15) is 17.7 Å². The number of rotatable bonds is 4. The Morgan fingerprint density at radius 2 is 2.08 bits per heavy atom. The van der Waals surface area contributed by atoms with Gasteiger partial charge in [-0.3, -0.25) is 4.90 Å². The first-order chi connectivity index (χ1) is 12.3. The van der Waals surface area contributed by atoms with Crippen molar-refractivity contribution >= 4 is 0 Å². The minimum absolute atomic E-state index is 0.0185. The van der Waals surface area contributed by atoms with Crippen LogP contribution in [0.2, 0.25) is 0 Å². The van der Waals surface area contributed by atoms with Crippen LogP contribution in [0.15, 0.2) is 4.52 Å². The SMILES string of the molecule is C[C@H]1OCCN(Cc2nnc3n2CCCC3)[C@@H]1c1nc(C2CC2)no1. The predicted octanol–water partition coefficient (Wildman–Crippen LogP) is 1.84. The van der Waals surface area contributed by atoms with E-state index in [0.717, 1.165) is 43.5 Å². The lowest BCUT2D eigenvalue weighted by Gasteiger charge is -2.37. The molecule has 5 rings (SSSR count). The van der Waals surface area contributed by atoms with E-state index < -0.39 is 0 Å². The molecule has 1 aliphatic carbocycles. The van der Waals surface area contributed by atoms with Crippen molar-refractivity contribution in [3.8, 4) is 0 Å². The van der Waals surface area contributed by atoms with E-state index in [4.69, 9.17) is 9.26 Å². The van der Waals surface area contributed by atoms with E-state index in [0.29, 0.717) is 18.4 Å². The maximum atomic E-state index is 5.88. The number of fused-ring (bicyclic) bond motifs is 1. The van der Waals surface area contributed by atoms with Gasteiger partial charge < -0.3 is 13.8 Å². The summed E-state index contributed by atoms with van der Waals surface area (Å²) < 4.78 is 13.8. The average molecular weight is 344 g/mol. The van der Waals surface area contributed by atoms with E-state index >= 15 is 0 Å². The summed E-state index contributed by atoms with van der Waals surface area (Å²) in [6.07, 6.45) is 5.81.